The average Bonchev–Trinajstić information content (AvgIpc) is 2.68. The van der Waals surface area contributed by atoms with Crippen molar-refractivity contribution in [1.29, 1.82) is 0 Å². The van der Waals surface area contributed by atoms with Crippen LogP contribution in [0, 0.1) is 52.8 Å². The Morgan fingerprint density at radius 1 is 1.37 bits per heavy atom. The molecule has 1 aromatic rings. The van der Waals surface area contributed by atoms with Crippen molar-refractivity contribution in [2.24, 2.45) is 16.1 Å². The third-order valence-corrected chi connectivity index (χ3v) is 3.22. The number of aliphatic imine (C=N–C) groups is 1. The largest absolute Gasteiger partial charge is 0.811 e. The fourth-order valence-electron chi connectivity index (χ4n) is 2.11. The first-order chi connectivity index (χ1) is 8.61. The Balaban J connectivity index is 0.00000180. The Labute approximate surface area is 151 Å². The summed E-state index contributed by atoms with van der Waals surface area (Å²) in [7, 11) is 0. The molecule has 1 atom stereocenters. The van der Waals surface area contributed by atoms with Crippen molar-refractivity contribution in [1.82, 2.24) is 0 Å². The summed E-state index contributed by atoms with van der Waals surface area (Å²) in [5.41, 5.74) is 3.60. The first kappa shape index (κ1) is 16.6. The second-order valence-electron chi connectivity index (χ2n) is 4.65. The maximum atomic E-state index is 9.64. The smallest absolute Gasteiger partial charge is 0.0858 e. The van der Waals surface area contributed by atoms with E-state index in [9.17, 15) is 5.41 Å². The van der Waals surface area contributed by atoms with Crippen LogP contribution in [0.1, 0.15) is 32.3 Å². The number of nitrogens with zero attached hydrogens (tertiary/aromatic N) is 3. The van der Waals surface area contributed by atoms with E-state index >= 15 is 0 Å². The molecule has 0 heterocycles. The quantitative estimate of drug-likeness (QED) is 0.449. The molecule has 1 aromatic carbocycles. The maximum Gasteiger partial charge on any atom is 0.0858 e. The molecule has 0 spiro atoms. The van der Waals surface area contributed by atoms with E-state index in [1.165, 1.54) is 0 Å². The summed E-state index contributed by atoms with van der Waals surface area (Å²) >= 11 is 0. The van der Waals surface area contributed by atoms with Gasteiger partial charge in [-0.25, -0.2) is 0 Å². The minimum atomic E-state index is 0. The summed E-state index contributed by atoms with van der Waals surface area (Å²) in [4.78, 5) is 4.57. The van der Waals surface area contributed by atoms with Crippen LogP contribution in [0.4, 0.5) is 5.69 Å². The van der Waals surface area contributed by atoms with E-state index in [2.05, 4.69) is 10.1 Å². The summed E-state index contributed by atoms with van der Waals surface area (Å²) in [5.74, 6) is 0.184. The monoisotopic (exact) mass is 416 g/mol. The molecule has 19 heavy (non-hydrogen) atoms. The molecule has 4 nitrogen and oxygen atoms in total. The SMILES string of the molecule is C/C(=N/O)c1ccccc1N=C1CC(=[N-])C(C)C1.[Yb]. The second-order valence-corrected chi connectivity index (χ2v) is 4.65. The van der Waals surface area contributed by atoms with Gasteiger partial charge in [0.1, 0.15) is 0 Å². The van der Waals surface area contributed by atoms with Gasteiger partial charge in [-0.2, -0.15) is 5.71 Å². The van der Waals surface area contributed by atoms with Gasteiger partial charge in [0.25, 0.3) is 0 Å². The van der Waals surface area contributed by atoms with Crippen LogP contribution in [-0.4, -0.2) is 22.3 Å². The molecule has 1 unspecified atom stereocenters. The molecule has 0 aliphatic heterocycles. The number of oxime groups is 1. The molecule has 2 rings (SSSR count). The molecule has 0 bridgehead atoms. The molecular formula is C14H16N3OYb-. The third kappa shape index (κ3) is 4.01. The second kappa shape index (κ2) is 7.36. The Morgan fingerprint density at radius 2 is 2.05 bits per heavy atom. The van der Waals surface area contributed by atoms with Crippen LogP contribution in [0.15, 0.2) is 34.4 Å². The van der Waals surface area contributed by atoms with Crippen LogP contribution in [-0.2, 0) is 0 Å². The standard InChI is InChI=1S/C14H16N3O.Yb/c1-9-7-11(8-13(9)15)16-14-6-4-3-5-12(14)10(2)17-18;/h3-6,9,18H,7-8H2,1-2H3;/q-1;/b16-11?,17-10-;. The Bertz CT molecular complexity index is 537. The Hall–Kier alpha value is -0.451. The van der Waals surface area contributed by atoms with Crippen LogP contribution in [0.25, 0.3) is 5.41 Å². The number of para-hydroxylation sites is 1. The van der Waals surface area contributed by atoms with Crippen LogP contribution < -0.4 is 0 Å². The van der Waals surface area contributed by atoms with Gasteiger partial charge in [0.2, 0.25) is 0 Å². The third-order valence-electron chi connectivity index (χ3n) is 3.22. The topological polar surface area (TPSA) is 67.2 Å². The number of hydrogen-bond donors (Lipinski definition) is 1. The summed E-state index contributed by atoms with van der Waals surface area (Å²) in [5, 5.41) is 21.7. The first-order valence-corrected chi connectivity index (χ1v) is 6.01. The average molecular weight is 415 g/mol. The van der Waals surface area contributed by atoms with Crippen molar-refractivity contribution in [2.75, 3.05) is 0 Å². The van der Waals surface area contributed by atoms with E-state index in [0.29, 0.717) is 17.8 Å². The molecule has 0 radical (unpaired) electrons. The Kier molecular flexibility index (Phi) is 6.43. The van der Waals surface area contributed by atoms with Gasteiger partial charge in [-0.15, -0.1) is 0 Å². The first-order valence-electron chi connectivity index (χ1n) is 6.01. The van der Waals surface area contributed by atoms with Crippen LogP contribution >= 0.6 is 0 Å². The van der Waals surface area contributed by atoms with Crippen molar-refractivity contribution in [2.45, 2.75) is 26.7 Å². The van der Waals surface area contributed by atoms with Gasteiger partial charge in [0.05, 0.1) is 11.4 Å². The molecule has 5 heteroatoms. The van der Waals surface area contributed by atoms with E-state index in [1.807, 2.05) is 31.2 Å². The number of hydrogen-bond acceptors (Lipinski definition) is 3. The molecule has 1 fully saturated rings. The van der Waals surface area contributed by atoms with E-state index in [0.717, 1.165) is 23.4 Å². The molecule has 0 saturated heterocycles. The van der Waals surface area contributed by atoms with Gasteiger partial charge >= 0.3 is 0 Å². The fourth-order valence-corrected chi connectivity index (χ4v) is 2.11. The summed E-state index contributed by atoms with van der Waals surface area (Å²) in [6, 6.07) is 7.54. The van der Waals surface area contributed by atoms with Gasteiger partial charge in [-0.3, -0.25) is 4.99 Å². The van der Waals surface area contributed by atoms with Gasteiger partial charge < -0.3 is 10.6 Å². The van der Waals surface area contributed by atoms with Crippen molar-refractivity contribution in [3.63, 3.8) is 0 Å². The predicted octanol–water partition coefficient (Wildman–Crippen LogP) is 3.40. The van der Waals surface area contributed by atoms with Gasteiger partial charge in [-0.05, 0) is 31.7 Å². The molecular weight excluding hydrogens is 399 g/mol. The molecule has 1 N–H and O–H groups in total. The van der Waals surface area contributed by atoms with E-state index in [-0.39, 0.29) is 52.8 Å². The van der Waals surface area contributed by atoms with E-state index in [1.54, 1.807) is 6.92 Å². The maximum absolute atomic E-state index is 9.64. The molecule has 1 aliphatic rings. The summed E-state index contributed by atoms with van der Waals surface area (Å²) < 4.78 is 0. The fraction of sp³-hybridized carbons (Fsp3) is 0.357. The van der Waals surface area contributed by atoms with Crippen molar-refractivity contribution < 1.29 is 52.1 Å². The minimum Gasteiger partial charge on any atom is -0.811 e. The normalized spacial score (nSPS) is 21.6. The van der Waals surface area contributed by atoms with Gasteiger partial charge in [0, 0.05) is 58.2 Å². The summed E-state index contributed by atoms with van der Waals surface area (Å²) in [6.07, 6.45) is 1.33. The van der Waals surface area contributed by atoms with E-state index in [4.69, 9.17) is 5.21 Å². The summed E-state index contributed by atoms with van der Waals surface area (Å²) in [6.45, 7) is 3.73. The molecule has 1 aliphatic carbocycles. The van der Waals surface area contributed by atoms with Crippen LogP contribution in [0.2, 0.25) is 0 Å². The van der Waals surface area contributed by atoms with Crippen LogP contribution in [0.3, 0.4) is 0 Å². The number of rotatable bonds is 2. The molecule has 0 amide bonds. The molecule has 108 valence electrons. The Morgan fingerprint density at radius 3 is 2.63 bits per heavy atom. The van der Waals surface area contributed by atoms with Gasteiger partial charge in [-0.1, -0.05) is 30.3 Å². The van der Waals surface area contributed by atoms with E-state index < -0.39 is 0 Å². The molecule has 0 aromatic heterocycles. The zero-order valence-electron chi connectivity index (χ0n) is 10.9. The van der Waals surface area contributed by atoms with Crippen molar-refractivity contribution in [3.05, 3.63) is 35.2 Å². The zero-order valence-corrected chi connectivity index (χ0v) is 12.6. The molecule has 1 saturated carbocycles. The predicted molar refractivity (Wildman–Crippen MR) is 74.3 cm³/mol. The zero-order chi connectivity index (χ0) is 13.1. The number of benzene rings is 1. The van der Waals surface area contributed by atoms with Gasteiger partial charge in [0.15, 0.2) is 0 Å². The minimum absolute atomic E-state index is 0. The van der Waals surface area contributed by atoms with Crippen molar-refractivity contribution in [3.8, 4) is 0 Å². The van der Waals surface area contributed by atoms with Crippen LogP contribution in [0.5, 0.6) is 0 Å². The van der Waals surface area contributed by atoms with Crippen molar-refractivity contribution >= 4 is 22.8 Å².